The van der Waals surface area contributed by atoms with Gasteiger partial charge < -0.3 is 15.5 Å². The second-order valence-corrected chi connectivity index (χ2v) is 5.93. The van der Waals surface area contributed by atoms with E-state index in [1.807, 2.05) is 6.92 Å². The average molecular weight is 281 g/mol. The standard InChI is InChI=1S/C15H27N3O2/c1-2-13-15(20)18(10-9-16-13)11-14(19)17-12-7-5-3-4-6-8-12/h12-13,16H,2-11H2,1H3,(H,17,19). The number of carbonyl (C=O) groups is 2. The maximum absolute atomic E-state index is 12.1. The highest BCUT2D eigenvalue weighted by molar-refractivity contribution is 5.88. The van der Waals surface area contributed by atoms with Gasteiger partial charge in [-0.2, -0.15) is 0 Å². The Balaban J connectivity index is 1.79. The molecule has 5 nitrogen and oxygen atoms in total. The van der Waals surface area contributed by atoms with Crippen molar-refractivity contribution < 1.29 is 9.59 Å². The number of carbonyl (C=O) groups excluding carboxylic acids is 2. The minimum atomic E-state index is -0.116. The van der Waals surface area contributed by atoms with Gasteiger partial charge >= 0.3 is 0 Å². The molecule has 5 heteroatoms. The van der Waals surface area contributed by atoms with E-state index in [9.17, 15) is 9.59 Å². The fraction of sp³-hybridized carbons (Fsp3) is 0.867. The lowest BCUT2D eigenvalue weighted by atomic mass is 10.1. The first kappa shape index (κ1) is 15.3. The van der Waals surface area contributed by atoms with Gasteiger partial charge in [0, 0.05) is 19.1 Å². The molecular weight excluding hydrogens is 254 g/mol. The zero-order valence-corrected chi connectivity index (χ0v) is 12.5. The van der Waals surface area contributed by atoms with Crippen molar-refractivity contribution >= 4 is 11.8 Å². The molecule has 0 spiro atoms. The van der Waals surface area contributed by atoms with Crippen molar-refractivity contribution in [2.24, 2.45) is 0 Å². The summed E-state index contributed by atoms with van der Waals surface area (Å²) in [6.07, 6.45) is 7.91. The fourth-order valence-corrected chi connectivity index (χ4v) is 3.14. The molecule has 114 valence electrons. The monoisotopic (exact) mass is 281 g/mol. The van der Waals surface area contributed by atoms with E-state index in [2.05, 4.69) is 10.6 Å². The molecule has 1 aliphatic carbocycles. The topological polar surface area (TPSA) is 61.4 Å². The normalized spacial score (nSPS) is 25.4. The Morgan fingerprint density at radius 3 is 2.65 bits per heavy atom. The summed E-state index contributed by atoms with van der Waals surface area (Å²) < 4.78 is 0. The lowest BCUT2D eigenvalue weighted by molar-refractivity contribution is -0.140. The van der Waals surface area contributed by atoms with Crippen molar-refractivity contribution in [3.63, 3.8) is 0 Å². The quantitative estimate of drug-likeness (QED) is 0.757. The predicted molar refractivity (Wildman–Crippen MR) is 78.3 cm³/mol. The molecule has 2 N–H and O–H groups in total. The number of nitrogens with one attached hydrogen (secondary N) is 2. The third-order valence-corrected chi connectivity index (χ3v) is 4.35. The zero-order valence-electron chi connectivity index (χ0n) is 12.5. The van der Waals surface area contributed by atoms with Gasteiger partial charge in [-0.3, -0.25) is 9.59 Å². The van der Waals surface area contributed by atoms with Crippen molar-refractivity contribution in [3.8, 4) is 0 Å². The Hall–Kier alpha value is -1.10. The Morgan fingerprint density at radius 1 is 1.30 bits per heavy atom. The number of piperazine rings is 1. The molecule has 1 saturated carbocycles. The van der Waals surface area contributed by atoms with E-state index in [1.165, 1.54) is 25.7 Å². The van der Waals surface area contributed by atoms with E-state index < -0.39 is 0 Å². The van der Waals surface area contributed by atoms with Gasteiger partial charge in [0.25, 0.3) is 0 Å². The van der Waals surface area contributed by atoms with Crippen LogP contribution in [0.3, 0.4) is 0 Å². The van der Waals surface area contributed by atoms with Crippen LogP contribution in [0.4, 0.5) is 0 Å². The van der Waals surface area contributed by atoms with E-state index in [0.717, 1.165) is 25.8 Å². The van der Waals surface area contributed by atoms with Crippen molar-refractivity contribution in [3.05, 3.63) is 0 Å². The highest BCUT2D eigenvalue weighted by Gasteiger charge is 2.28. The van der Waals surface area contributed by atoms with Gasteiger partial charge in [-0.05, 0) is 19.3 Å². The largest absolute Gasteiger partial charge is 0.352 e. The Bertz CT molecular complexity index is 338. The van der Waals surface area contributed by atoms with Crippen LogP contribution in [-0.2, 0) is 9.59 Å². The van der Waals surface area contributed by atoms with E-state index >= 15 is 0 Å². The summed E-state index contributed by atoms with van der Waals surface area (Å²) in [5.41, 5.74) is 0. The average Bonchev–Trinajstić information content (AvgIpc) is 2.70. The van der Waals surface area contributed by atoms with Crippen LogP contribution in [0.2, 0.25) is 0 Å². The van der Waals surface area contributed by atoms with E-state index in [1.54, 1.807) is 4.90 Å². The maximum atomic E-state index is 12.1. The third-order valence-electron chi connectivity index (χ3n) is 4.35. The molecule has 0 bridgehead atoms. The van der Waals surface area contributed by atoms with Gasteiger partial charge in [-0.25, -0.2) is 0 Å². The second kappa shape index (κ2) is 7.62. The van der Waals surface area contributed by atoms with Crippen LogP contribution in [0, 0.1) is 0 Å². The van der Waals surface area contributed by atoms with Crippen LogP contribution >= 0.6 is 0 Å². The fourth-order valence-electron chi connectivity index (χ4n) is 3.14. The Kier molecular flexibility index (Phi) is 5.83. The molecule has 1 atom stereocenters. The molecule has 2 aliphatic rings. The summed E-state index contributed by atoms with van der Waals surface area (Å²) in [7, 11) is 0. The molecule has 0 aromatic heterocycles. The highest BCUT2D eigenvalue weighted by atomic mass is 16.2. The molecule has 20 heavy (non-hydrogen) atoms. The second-order valence-electron chi connectivity index (χ2n) is 5.93. The first-order valence-corrected chi connectivity index (χ1v) is 8.02. The summed E-state index contributed by atoms with van der Waals surface area (Å²) in [5.74, 6) is 0.0665. The smallest absolute Gasteiger partial charge is 0.240 e. The van der Waals surface area contributed by atoms with Gasteiger partial charge in [-0.1, -0.05) is 32.6 Å². The number of rotatable bonds is 4. The lowest BCUT2D eigenvalue weighted by Crippen LogP contribution is -2.57. The Labute approximate surface area is 121 Å². The molecule has 0 aromatic rings. The van der Waals surface area contributed by atoms with Crippen LogP contribution in [0.5, 0.6) is 0 Å². The van der Waals surface area contributed by atoms with Crippen molar-refractivity contribution in [1.29, 1.82) is 0 Å². The summed E-state index contributed by atoms with van der Waals surface area (Å²) in [4.78, 5) is 25.9. The van der Waals surface area contributed by atoms with Crippen LogP contribution in [0.1, 0.15) is 51.9 Å². The van der Waals surface area contributed by atoms with Crippen LogP contribution < -0.4 is 10.6 Å². The molecule has 1 aliphatic heterocycles. The van der Waals surface area contributed by atoms with Crippen LogP contribution in [0.15, 0.2) is 0 Å². The summed E-state index contributed by atoms with van der Waals surface area (Å²) in [6, 6.07) is 0.194. The third kappa shape index (κ3) is 4.20. The summed E-state index contributed by atoms with van der Waals surface area (Å²) in [5, 5.41) is 6.29. The minimum Gasteiger partial charge on any atom is -0.352 e. The van der Waals surface area contributed by atoms with Crippen molar-refractivity contribution in [2.75, 3.05) is 19.6 Å². The van der Waals surface area contributed by atoms with Crippen molar-refractivity contribution in [1.82, 2.24) is 15.5 Å². The van der Waals surface area contributed by atoms with Gasteiger partial charge in [0.05, 0.1) is 12.6 Å². The molecule has 1 heterocycles. The zero-order chi connectivity index (χ0) is 14.4. The summed E-state index contributed by atoms with van der Waals surface area (Å²) >= 11 is 0. The van der Waals surface area contributed by atoms with E-state index in [-0.39, 0.29) is 24.4 Å². The van der Waals surface area contributed by atoms with Gasteiger partial charge in [-0.15, -0.1) is 0 Å². The van der Waals surface area contributed by atoms with Gasteiger partial charge in [0.1, 0.15) is 0 Å². The first-order valence-electron chi connectivity index (χ1n) is 8.02. The lowest BCUT2D eigenvalue weighted by Gasteiger charge is -2.32. The SMILES string of the molecule is CCC1NCCN(CC(=O)NC2CCCCCC2)C1=O. The minimum absolute atomic E-state index is 0.00185. The highest BCUT2D eigenvalue weighted by Crippen LogP contribution is 2.17. The maximum Gasteiger partial charge on any atom is 0.240 e. The van der Waals surface area contributed by atoms with Gasteiger partial charge in [0.2, 0.25) is 11.8 Å². The molecule has 1 saturated heterocycles. The van der Waals surface area contributed by atoms with E-state index in [0.29, 0.717) is 12.6 Å². The van der Waals surface area contributed by atoms with Gasteiger partial charge in [0.15, 0.2) is 0 Å². The molecule has 2 fully saturated rings. The number of nitrogens with zero attached hydrogens (tertiary/aromatic N) is 1. The van der Waals surface area contributed by atoms with Crippen LogP contribution in [-0.4, -0.2) is 48.4 Å². The van der Waals surface area contributed by atoms with Crippen molar-refractivity contribution in [2.45, 2.75) is 64.0 Å². The van der Waals surface area contributed by atoms with Crippen LogP contribution in [0.25, 0.3) is 0 Å². The number of hydrogen-bond acceptors (Lipinski definition) is 3. The molecule has 2 amide bonds. The van der Waals surface area contributed by atoms with E-state index in [4.69, 9.17) is 0 Å². The summed E-state index contributed by atoms with van der Waals surface area (Å²) in [6.45, 7) is 3.62. The molecule has 0 radical (unpaired) electrons. The molecular formula is C15H27N3O2. The molecule has 1 unspecified atom stereocenters. The number of hydrogen-bond donors (Lipinski definition) is 2. The Morgan fingerprint density at radius 2 is 2.00 bits per heavy atom. The first-order chi connectivity index (χ1) is 9.70. The number of amides is 2. The predicted octanol–water partition coefficient (Wildman–Crippen LogP) is 1.04. The molecule has 2 rings (SSSR count). The molecule has 0 aromatic carbocycles.